The molecule has 6 rings (SSSR count). The van der Waals surface area contributed by atoms with Gasteiger partial charge in [0.25, 0.3) is 6.01 Å². The molecule has 0 saturated carbocycles. The Morgan fingerprint density at radius 3 is 2.82 bits per heavy atom. The van der Waals surface area contributed by atoms with E-state index in [1.54, 1.807) is 0 Å². The van der Waals surface area contributed by atoms with E-state index in [4.69, 9.17) is 15.2 Å². The van der Waals surface area contributed by atoms with Gasteiger partial charge in [0, 0.05) is 30.1 Å². The zero-order valence-electron chi connectivity index (χ0n) is 21.9. The second-order valence-corrected chi connectivity index (χ2v) is 11.0. The Kier molecular flexibility index (Phi) is 6.67. The SMILES string of the molecule is CSCCN1CCC[C@H](n2nc(-c3ccc(Nc4nc5cc(C)cc(C)c5o4)cc3)c3c(N)ncnc32)C1. The van der Waals surface area contributed by atoms with Crippen molar-refractivity contribution in [2.75, 3.05) is 42.7 Å². The summed E-state index contributed by atoms with van der Waals surface area (Å²) in [6.45, 7) is 7.29. The number of likely N-dealkylation sites (tertiary alicyclic amines) is 1. The van der Waals surface area contributed by atoms with Crippen molar-refractivity contribution in [3.05, 3.63) is 53.9 Å². The molecule has 2 aromatic carbocycles. The van der Waals surface area contributed by atoms with E-state index in [0.29, 0.717) is 11.8 Å². The van der Waals surface area contributed by atoms with Crippen LogP contribution in [-0.4, -0.2) is 61.3 Å². The quantitative estimate of drug-likeness (QED) is 0.280. The number of thioether (sulfide) groups is 1. The smallest absolute Gasteiger partial charge is 0.300 e. The molecule has 0 amide bonds. The summed E-state index contributed by atoms with van der Waals surface area (Å²) in [4.78, 5) is 16.0. The molecule has 1 atom stereocenters. The number of aromatic nitrogens is 5. The molecule has 0 bridgehead atoms. The molecule has 196 valence electrons. The number of piperidine rings is 1. The third-order valence-electron chi connectivity index (χ3n) is 7.19. The number of hydrogen-bond acceptors (Lipinski definition) is 9. The lowest BCUT2D eigenvalue weighted by Crippen LogP contribution is -2.38. The number of anilines is 3. The van der Waals surface area contributed by atoms with E-state index in [1.165, 1.54) is 6.33 Å². The predicted octanol–water partition coefficient (Wildman–Crippen LogP) is 5.58. The van der Waals surface area contributed by atoms with Gasteiger partial charge in [-0.15, -0.1) is 0 Å². The van der Waals surface area contributed by atoms with Gasteiger partial charge in [-0.2, -0.15) is 21.8 Å². The van der Waals surface area contributed by atoms with E-state index in [9.17, 15) is 0 Å². The van der Waals surface area contributed by atoms with Crippen molar-refractivity contribution in [2.45, 2.75) is 32.7 Å². The number of nitrogens with two attached hydrogens (primary N) is 1. The zero-order chi connectivity index (χ0) is 26.2. The van der Waals surface area contributed by atoms with E-state index in [1.807, 2.05) is 49.0 Å². The predicted molar refractivity (Wildman–Crippen MR) is 155 cm³/mol. The van der Waals surface area contributed by atoms with Gasteiger partial charge in [-0.1, -0.05) is 18.2 Å². The average Bonchev–Trinajstić information content (AvgIpc) is 3.50. The van der Waals surface area contributed by atoms with Crippen LogP contribution in [0.4, 0.5) is 17.5 Å². The fourth-order valence-corrected chi connectivity index (χ4v) is 5.81. The lowest BCUT2D eigenvalue weighted by molar-refractivity contribution is 0.181. The maximum atomic E-state index is 6.37. The Morgan fingerprint density at radius 1 is 1.16 bits per heavy atom. The van der Waals surface area contributed by atoms with Crippen molar-refractivity contribution in [1.29, 1.82) is 0 Å². The topological polar surface area (TPSA) is 111 Å². The molecule has 5 aromatic rings. The molecule has 4 heterocycles. The fraction of sp³-hybridized carbons (Fsp3) is 0.357. The lowest BCUT2D eigenvalue weighted by Gasteiger charge is -2.32. The van der Waals surface area contributed by atoms with Gasteiger partial charge in [-0.25, -0.2) is 14.6 Å². The number of nitrogens with zero attached hydrogens (tertiary/aromatic N) is 6. The molecular weight excluding hydrogens is 496 g/mol. The highest BCUT2D eigenvalue weighted by Gasteiger charge is 2.26. The Labute approximate surface area is 225 Å². The largest absolute Gasteiger partial charge is 0.423 e. The second-order valence-electron chi connectivity index (χ2n) is 9.99. The maximum absolute atomic E-state index is 6.37. The van der Waals surface area contributed by atoms with E-state index in [0.717, 1.165) is 88.4 Å². The van der Waals surface area contributed by atoms with Gasteiger partial charge in [0.05, 0.1) is 11.4 Å². The number of nitrogen functional groups attached to an aromatic ring is 1. The minimum absolute atomic E-state index is 0.253. The molecule has 3 aromatic heterocycles. The molecule has 1 saturated heterocycles. The first kappa shape index (κ1) is 24.7. The van der Waals surface area contributed by atoms with Gasteiger partial charge in [0.1, 0.15) is 23.4 Å². The number of fused-ring (bicyclic) bond motifs is 2. The summed E-state index contributed by atoms with van der Waals surface area (Å²) >= 11 is 1.89. The van der Waals surface area contributed by atoms with Gasteiger partial charge in [-0.3, -0.25) is 0 Å². The van der Waals surface area contributed by atoms with Crippen LogP contribution < -0.4 is 11.1 Å². The molecule has 1 aliphatic rings. The first-order valence-corrected chi connectivity index (χ1v) is 14.3. The number of benzene rings is 2. The van der Waals surface area contributed by atoms with Crippen LogP contribution in [0.15, 0.2) is 47.1 Å². The summed E-state index contributed by atoms with van der Waals surface area (Å²) in [5.74, 6) is 1.58. The van der Waals surface area contributed by atoms with Crippen molar-refractivity contribution in [3.8, 4) is 11.3 Å². The summed E-state index contributed by atoms with van der Waals surface area (Å²) in [7, 11) is 0. The van der Waals surface area contributed by atoms with Crippen LogP contribution in [0.3, 0.4) is 0 Å². The van der Waals surface area contributed by atoms with Crippen LogP contribution >= 0.6 is 11.8 Å². The van der Waals surface area contributed by atoms with Crippen LogP contribution in [0.1, 0.15) is 30.0 Å². The highest BCUT2D eigenvalue weighted by molar-refractivity contribution is 7.98. The molecule has 0 aliphatic carbocycles. The Morgan fingerprint density at radius 2 is 2.00 bits per heavy atom. The van der Waals surface area contributed by atoms with Crippen LogP contribution in [-0.2, 0) is 0 Å². The van der Waals surface area contributed by atoms with Crippen LogP contribution in [0, 0.1) is 13.8 Å². The number of hydrogen-bond donors (Lipinski definition) is 2. The van der Waals surface area contributed by atoms with Crippen molar-refractivity contribution in [2.24, 2.45) is 0 Å². The Balaban J connectivity index is 1.29. The van der Waals surface area contributed by atoms with Gasteiger partial charge >= 0.3 is 0 Å². The number of nitrogens with one attached hydrogen (secondary N) is 1. The number of oxazole rings is 1. The highest BCUT2D eigenvalue weighted by atomic mass is 32.2. The minimum Gasteiger partial charge on any atom is -0.423 e. The second kappa shape index (κ2) is 10.3. The monoisotopic (exact) mass is 528 g/mol. The van der Waals surface area contributed by atoms with Gasteiger partial charge in [0.2, 0.25) is 0 Å². The van der Waals surface area contributed by atoms with Crippen molar-refractivity contribution < 1.29 is 4.42 Å². The fourth-order valence-electron chi connectivity index (χ4n) is 5.37. The van der Waals surface area contributed by atoms with E-state index >= 15 is 0 Å². The Hall–Kier alpha value is -3.63. The molecule has 0 spiro atoms. The standard InChI is InChI=1S/C28H32N8OS/c1-17-13-18(2)25-22(14-17)33-28(37-25)32-20-8-6-19(7-9-20)24-23-26(29)30-16-31-27(23)36(34-24)21-5-4-10-35(15-21)11-12-38-3/h6-9,13-14,16,21H,4-5,10-12,15H2,1-3H3,(H,32,33)(H2,29,30,31)/t21-/m0/s1. The molecule has 9 nitrogen and oxygen atoms in total. The lowest BCUT2D eigenvalue weighted by atomic mass is 10.1. The van der Waals surface area contributed by atoms with Gasteiger partial charge < -0.3 is 20.4 Å². The molecule has 0 unspecified atom stereocenters. The van der Waals surface area contributed by atoms with Crippen molar-refractivity contribution in [3.63, 3.8) is 0 Å². The first-order chi connectivity index (χ1) is 18.5. The summed E-state index contributed by atoms with van der Waals surface area (Å²) in [5, 5.41) is 9.16. The van der Waals surface area contributed by atoms with Crippen LogP contribution in [0.2, 0.25) is 0 Å². The molecule has 10 heteroatoms. The summed E-state index contributed by atoms with van der Waals surface area (Å²) in [6.07, 6.45) is 5.91. The minimum atomic E-state index is 0.253. The van der Waals surface area contributed by atoms with Gasteiger partial charge in [0.15, 0.2) is 11.2 Å². The normalized spacial score (nSPS) is 16.4. The third kappa shape index (κ3) is 4.69. The van der Waals surface area contributed by atoms with Crippen LogP contribution in [0.25, 0.3) is 33.4 Å². The summed E-state index contributed by atoms with van der Waals surface area (Å²) in [6, 6.07) is 12.9. The summed E-state index contributed by atoms with van der Waals surface area (Å²) < 4.78 is 8.05. The molecular formula is C28H32N8OS. The van der Waals surface area contributed by atoms with Crippen LogP contribution in [0.5, 0.6) is 0 Å². The third-order valence-corrected chi connectivity index (χ3v) is 7.78. The average molecular weight is 529 g/mol. The maximum Gasteiger partial charge on any atom is 0.300 e. The summed E-state index contributed by atoms with van der Waals surface area (Å²) in [5.41, 5.74) is 13.7. The van der Waals surface area contributed by atoms with Crippen molar-refractivity contribution in [1.82, 2.24) is 29.6 Å². The number of rotatable bonds is 7. The van der Waals surface area contributed by atoms with Crippen molar-refractivity contribution >= 4 is 51.4 Å². The van der Waals surface area contributed by atoms with E-state index < -0.39 is 0 Å². The molecule has 0 radical (unpaired) electrons. The van der Waals surface area contributed by atoms with E-state index in [-0.39, 0.29) is 6.04 Å². The highest BCUT2D eigenvalue weighted by Crippen LogP contribution is 2.34. The molecule has 1 fully saturated rings. The molecule has 3 N–H and O–H groups in total. The first-order valence-electron chi connectivity index (χ1n) is 13.0. The van der Waals surface area contributed by atoms with Gasteiger partial charge in [-0.05, 0) is 68.8 Å². The zero-order valence-corrected chi connectivity index (χ0v) is 22.8. The molecule has 38 heavy (non-hydrogen) atoms. The number of aryl methyl sites for hydroxylation is 2. The Bertz CT molecular complexity index is 1590. The molecule has 1 aliphatic heterocycles. The van der Waals surface area contributed by atoms with E-state index in [2.05, 4.69) is 49.1 Å².